The van der Waals surface area contributed by atoms with E-state index < -0.39 is 0 Å². The Hall–Kier alpha value is -1.41. The molecule has 0 amide bonds. The van der Waals surface area contributed by atoms with Gasteiger partial charge in [-0.25, -0.2) is 0 Å². The van der Waals surface area contributed by atoms with Crippen molar-refractivity contribution in [3.8, 4) is 0 Å². The average Bonchev–Trinajstić information content (AvgIpc) is 3.01. The number of aliphatic hydroxyl groups excluding tert-OH is 1. The highest BCUT2D eigenvalue weighted by atomic mass is 16.3. The summed E-state index contributed by atoms with van der Waals surface area (Å²) in [5.74, 6) is 3.56. The topological polar surface area (TPSA) is 37.3 Å². The van der Waals surface area contributed by atoms with E-state index in [4.69, 9.17) is 0 Å². The molecule has 3 aliphatic rings. The Morgan fingerprint density at radius 2 is 2.07 bits per heavy atom. The van der Waals surface area contributed by atoms with E-state index in [9.17, 15) is 9.90 Å². The van der Waals surface area contributed by atoms with Gasteiger partial charge in [0.2, 0.25) is 0 Å². The molecule has 0 heterocycles. The molecule has 3 aliphatic carbocycles. The van der Waals surface area contributed by atoms with Crippen LogP contribution in [0.4, 0.5) is 0 Å². The van der Waals surface area contributed by atoms with E-state index in [2.05, 4.69) is 45.0 Å². The largest absolute Gasteiger partial charge is 0.392 e. The number of carbonyl (C=O) groups is 1. The molecule has 1 N–H and O–H groups in total. The molecular formula is C26H36O2. The zero-order valence-electron chi connectivity index (χ0n) is 17.8. The van der Waals surface area contributed by atoms with E-state index >= 15 is 0 Å². The van der Waals surface area contributed by atoms with Gasteiger partial charge < -0.3 is 5.11 Å². The predicted molar refractivity (Wildman–Crippen MR) is 114 cm³/mol. The molecule has 2 saturated carbocycles. The molecule has 0 unspecified atom stereocenters. The minimum absolute atomic E-state index is 0.144. The van der Waals surface area contributed by atoms with Gasteiger partial charge in [-0.2, -0.15) is 0 Å². The highest BCUT2D eigenvalue weighted by Crippen LogP contribution is 2.63. The number of aliphatic hydroxyl groups is 1. The number of fused-ring (bicyclic) bond motifs is 5. The minimum atomic E-state index is 0.144. The molecule has 2 fully saturated rings. The van der Waals surface area contributed by atoms with Gasteiger partial charge in [0, 0.05) is 6.42 Å². The summed E-state index contributed by atoms with van der Waals surface area (Å²) in [6, 6.07) is 6.66. The van der Waals surface area contributed by atoms with Crippen LogP contribution in [0.25, 0.3) is 0 Å². The molecule has 0 saturated heterocycles. The van der Waals surface area contributed by atoms with Crippen molar-refractivity contribution in [2.75, 3.05) is 0 Å². The van der Waals surface area contributed by atoms with Crippen LogP contribution in [0.1, 0.15) is 81.9 Å². The molecule has 28 heavy (non-hydrogen) atoms. The monoisotopic (exact) mass is 380 g/mol. The van der Waals surface area contributed by atoms with Crippen LogP contribution in [0, 0.1) is 29.1 Å². The van der Waals surface area contributed by atoms with E-state index in [0.717, 1.165) is 23.8 Å². The Kier molecular flexibility index (Phi) is 5.53. The van der Waals surface area contributed by atoms with E-state index in [1.807, 2.05) is 6.08 Å². The van der Waals surface area contributed by atoms with Gasteiger partial charge >= 0.3 is 0 Å². The summed E-state index contributed by atoms with van der Waals surface area (Å²) in [5, 5.41) is 9.46. The van der Waals surface area contributed by atoms with Crippen LogP contribution in [0.5, 0.6) is 0 Å². The van der Waals surface area contributed by atoms with Crippen molar-refractivity contribution < 1.29 is 9.90 Å². The molecule has 2 nitrogen and oxygen atoms in total. The molecule has 1 aromatic carbocycles. The first kappa shape index (κ1) is 19.9. The van der Waals surface area contributed by atoms with Gasteiger partial charge in [0.25, 0.3) is 0 Å². The van der Waals surface area contributed by atoms with Crippen molar-refractivity contribution in [2.24, 2.45) is 29.1 Å². The van der Waals surface area contributed by atoms with Crippen molar-refractivity contribution >= 4 is 5.78 Å². The predicted octanol–water partition coefficient (Wildman–Crippen LogP) is 5.82. The van der Waals surface area contributed by atoms with E-state index in [0.29, 0.717) is 35.4 Å². The standard InChI is InChI=1S/C26H36O2/c1-17(2)14-21(28)8-6-20-7-11-25-24-10-5-19-15-18(16-27)4-9-22(19)23(24)12-13-26(20,25)3/h4,6,8-9,15,17,20,23-25,27H,5,7,10-14,16H2,1-3H3/b8-6+/t20-,23+,24+,25-,26+/m0/s1. The van der Waals surface area contributed by atoms with E-state index in [1.54, 1.807) is 5.56 Å². The summed E-state index contributed by atoms with van der Waals surface area (Å²) in [6.07, 6.45) is 12.4. The highest BCUT2D eigenvalue weighted by molar-refractivity contribution is 5.89. The smallest absolute Gasteiger partial charge is 0.155 e. The molecule has 152 valence electrons. The van der Waals surface area contributed by atoms with Gasteiger partial charge in [0.15, 0.2) is 5.78 Å². The zero-order valence-corrected chi connectivity index (χ0v) is 17.8. The summed E-state index contributed by atoms with van der Waals surface area (Å²) < 4.78 is 0. The number of carbonyl (C=O) groups excluding carboxylic acids is 1. The third kappa shape index (κ3) is 3.49. The van der Waals surface area contributed by atoms with Crippen LogP contribution in [0.15, 0.2) is 30.4 Å². The van der Waals surface area contributed by atoms with Crippen LogP contribution in [-0.4, -0.2) is 10.9 Å². The molecule has 2 heteroatoms. The Labute approximate surface area is 170 Å². The third-order valence-electron chi connectivity index (χ3n) is 8.17. The first-order valence-electron chi connectivity index (χ1n) is 11.4. The Morgan fingerprint density at radius 3 is 2.82 bits per heavy atom. The quantitative estimate of drug-likeness (QED) is 0.653. The second-order valence-electron chi connectivity index (χ2n) is 10.3. The van der Waals surface area contributed by atoms with Gasteiger partial charge in [-0.3, -0.25) is 4.79 Å². The first-order valence-corrected chi connectivity index (χ1v) is 11.4. The molecular weight excluding hydrogens is 344 g/mol. The summed E-state index contributed by atoms with van der Waals surface area (Å²) >= 11 is 0. The second-order valence-corrected chi connectivity index (χ2v) is 10.3. The van der Waals surface area contributed by atoms with Crippen LogP contribution in [-0.2, 0) is 17.8 Å². The van der Waals surface area contributed by atoms with Gasteiger partial charge in [-0.1, -0.05) is 45.0 Å². The Balaban J connectivity index is 1.52. The third-order valence-corrected chi connectivity index (χ3v) is 8.17. The Bertz CT molecular complexity index is 762. The van der Waals surface area contributed by atoms with Crippen molar-refractivity contribution in [1.82, 2.24) is 0 Å². The SMILES string of the molecule is CC(C)CC(=O)/C=C/[C@H]1CC[C@H]2[C@@H]3CCc4cc(CO)ccc4[C@H]3CC[C@]12C. The fourth-order valence-corrected chi connectivity index (χ4v) is 6.78. The fourth-order valence-electron chi connectivity index (χ4n) is 6.78. The van der Waals surface area contributed by atoms with Crippen molar-refractivity contribution in [3.63, 3.8) is 0 Å². The summed E-state index contributed by atoms with van der Waals surface area (Å²) in [5.41, 5.74) is 4.44. The second kappa shape index (κ2) is 7.78. The molecule has 5 atom stereocenters. The summed E-state index contributed by atoms with van der Waals surface area (Å²) in [7, 11) is 0. The van der Waals surface area contributed by atoms with Crippen molar-refractivity contribution in [3.05, 3.63) is 47.0 Å². The lowest BCUT2D eigenvalue weighted by molar-refractivity contribution is -0.115. The van der Waals surface area contributed by atoms with Crippen molar-refractivity contribution in [2.45, 2.75) is 78.2 Å². The maximum atomic E-state index is 12.2. The van der Waals surface area contributed by atoms with Gasteiger partial charge in [-0.05, 0) is 96.3 Å². The van der Waals surface area contributed by atoms with Crippen LogP contribution in [0.3, 0.4) is 0 Å². The van der Waals surface area contributed by atoms with Crippen LogP contribution < -0.4 is 0 Å². The lowest BCUT2D eigenvalue weighted by atomic mass is 9.54. The number of hydrogen-bond acceptors (Lipinski definition) is 2. The maximum absolute atomic E-state index is 12.2. The number of allylic oxidation sites excluding steroid dienone is 2. The summed E-state index contributed by atoms with van der Waals surface area (Å²) in [6.45, 7) is 6.88. The fraction of sp³-hybridized carbons (Fsp3) is 0.654. The van der Waals surface area contributed by atoms with Gasteiger partial charge in [0.1, 0.15) is 0 Å². The van der Waals surface area contributed by atoms with Crippen LogP contribution in [0.2, 0.25) is 0 Å². The average molecular weight is 381 g/mol. The molecule has 0 spiro atoms. The molecule has 0 radical (unpaired) electrons. The number of rotatable bonds is 5. The number of ketones is 1. The zero-order chi connectivity index (χ0) is 19.9. The van der Waals surface area contributed by atoms with Crippen molar-refractivity contribution in [1.29, 1.82) is 0 Å². The molecule has 1 aromatic rings. The highest BCUT2D eigenvalue weighted by Gasteiger charge is 2.53. The molecule has 4 rings (SSSR count). The number of benzene rings is 1. The lowest BCUT2D eigenvalue weighted by Crippen LogP contribution is -2.42. The lowest BCUT2D eigenvalue weighted by Gasteiger charge is -2.50. The molecule has 0 aliphatic heterocycles. The number of aryl methyl sites for hydroxylation is 1. The van der Waals surface area contributed by atoms with E-state index in [-0.39, 0.29) is 6.61 Å². The molecule has 0 aromatic heterocycles. The number of hydrogen-bond donors (Lipinski definition) is 1. The normalized spacial score (nSPS) is 34.3. The maximum Gasteiger partial charge on any atom is 0.155 e. The van der Waals surface area contributed by atoms with Crippen LogP contribution >= 0.6 is 0 Å². The first-order chi connectivity index (χ1) is 13.4. The minimum Gasteiger partial charge on any atom is -0.392 e. The van der Waals surface area contributed by atoms with Gasteiger partial charge in [0.05, 0.1) is 6.61 Å². The molecule has 0 bridgehead atoms. The van der Waals surface area contributed by atoms with Gasteiger partial charge in [-0.15, -0.1) is 0 Å². The Morgan fingerprint density at radius 1 is 1.25 bits per heavy atom. The summed E-state index contributed by atoms with van der Waals surface area (Å²) in [4.78, 5) is 12.2. The van der Waals surface area contributed by atoms with E-state index in [1.165, 1.54) is 37.7 Å².